The highest BCUT2D eigenvalue weighted by atomic mass is 16.5. The van der Waals surface area contributed by atoms with Gasteiger partial charge in [-0.25, -0.2) is 4.79 Å². The zero-order valence-electron chi connectivity index (χ0n) is 22.1. The fourth-order valence-corrected chi connectivity index (χ4v) is 6.31. The summed E-state index contributed by atoms with van der Waals surface area (Å²) in [6, 6.07) is 14.0. The number of carboxylic acid groups (broad SMARTS) is 1. The van der Waals surface area contributed by atoms with Crippen LogP contribution < -0.4 is 10.1 Å². The summed E-state index contributed by atoms with van der Waals surface area (Å²) in [4.78, 5) is 11.1. The number of hydrogen-bond donors (Lipinski definition) is 3. The van der Waals surface area contributed by atoms with Crippen molar-refractivity contribution >= 4 is 5.97 Å². The summed E-state index contributed by atoms with van der Waals surface area (Å²) in [5.41, 5.74) is 2.18. The molecule has 0 heterocycles. The van der Waals surface area contributed by atoms with Crippen molar-refractivity contribution in [3.63, 3.8) is 0 Å². The van der Waals surface area contributed by atoms with Crippen LogP contribution >= 0.6 is 0 Å². The van der Waals surface area contributed by atoms with Crippen LogP contribution in [0.3, 0.4) is 0 Å². The first-order valence-electron chi connectivity index (χ1n) is 13.7. The van der Waals surface area contributed by atoms with Crippen LogP contribution in [0.25, 0.3) is 11.1 Å². The van der Waals surface area contributed by atoms with E-state index in [1.165, 1.54) is 44.9 Å². The van der Waals surface area contributed by atoms with Crippen LogP contribution in [0.1, 0.15) is 81.1 Å². The molecule has 6 heteroatoms. The van der Waals surface area contributed by atoms with E-state index >= 15 is 0 Å². The van der Waals surface area contributed by atoms with Gasteiger partial charge in [0.05, 0.1) is 11.1 Å². The molecule has 0 aliphatic heterocycles. The summed E-state index contributed by atoms with van der Waals surface area (Å²) in [5.74, 6) is 2.06. The number of aliphatic hydroxyl groups is 1. The lowest BCUT2D eigenvalue weighted by atomic mass is 9.66. The van der Waals surface area contributed by atoms with Crippen molar-refractivity contribution in [2.24, 2.45) is 17.8 Å². The first kappa shape index (κ1) is 27.2. The van der Waals surface area contributed by atoms with Gasteiger partial charge in [-0.05, 0) is 86.3 Å². The third-order valence-electron chi connectivity index (χ3n) is 8.26. The fraction of sp³-hybridized carbons (Fsp3) is 0.548. The molecule has 2 fully saturated rings. The highest BCUT2D eigenvalue weighted by Gasteiger charge is 2.34. The van der Waals surface area contributed by atoms with Gasteiger partial charge in [-0.2, -0.15) is 5.26 Å². The van der Waals surface area contributed by atoms with Crippen molar-refractivity contribution < 1.29 is 19.7 Å². The molecule has 0 aromatic heterocycles. The number of benzene rings is 2. The van der Waals surface area contributed by atoms with Gasteiger partial charge in [0.1, 0.15) is 24.5 Å². The number of nitrogens with zero attached hydrogens (tertiary/aromatic N) is 1. The van der Waals surface area contributed by atoms with E-state index in [1.807, 2.05) is 6.07 Å². The van der Waals surface area contributed by atoms with Gasteiger partial charge in [-0.15, -0.1) is 0 Å². The van der Waals surface area contributed by atoms with Gasteiger partial charge in [0, 0.05) is 12.1 Å². The molecule has 0 bridgehead atoms. The maximum atomic E-state index is 11.1. The molecule has 2 aliphatic rings. The smallest absolute Gasteiger partial charge is 0.335 e. The highest BCUT2D eigenvalue weighted by molar-refractivity contribution is 5.88. The molecular formula is C31H40N2O4. The van der Waals surface area contributed by atoms with Crippen molar-refractivity contribution in [2.45, 2.75) is 76.9 Å². The standard InChI is InChI=1S/C31H40N2O4/c1-31(2,17-21-7-8-22-5-3-4-6-25(22)15-21)33-19-28(34)20-37-29-16-26(13-14-27(29)18-32)23-9-11-24(12-10-23)30(35)36/h9-14,16,21-22,25,28,33-34H,3-8,15,17,19-20H2,1-2H3,(H,35,36)/t21?,22?,25?,28-/m1/s1. The Balaban J connectivity index is 1.29. The van der Waals surface area contributed by atoms with E-state index in [-0.39, 0.29) is 17.7 Å². The van der Waals surface area contributed by atoms with Gasteiger partial charge < -0.3 is 20.3 Å². The van der Waals surface area contributed by atoms with Crippen LogP contribution in [-0.2, 0) is 0 Å². The van der Waals surface area contributed by atoms with Gasteiger partial charge in [-0.3, -0.25) is 0 Å². The molecule has 0 radical (unpaired) electrons. The number of aromatic carboxylic acids is 1. The lowest BCUT2D eigenvalue weighted by Crippen LogP contribution is -2.46. The second kappa shape index (κ2) is 12.1. The van der Waals surface area contributed by atoms with Gasteiger partial charge in [-0.1, -0.05) is 50.3 Å². The number of carbonyl (C=O) groups is 1. The number of ether oxygens (including phenoxy) is 1. The van der Waals surface area contributed by atoms with Crippen molar-refractivity contribution in [1.82, 2.24) is 5.32 Å². The molecule has 2 aromatic rings. The Kier molecular flexibility index (Phi) is 8.89. The van der Waals surface area contributed by atoms with E-state index in [1.54, 1.807) is 36.4 Å². The van der Waals surface area contributed by atoms with E-state index in [2.05, 4.69) is 25.2 Å². The van der Waals surface area contributed by atoms with E-state index in [0.29, 0.717) is 17.9 Å². The van der Waals surface area contributed by atoms with Gasteiger partial charge in [0.15, 0.2) is 0 Å². The number of fused-ring (bicyclic) bond motifs is 1. The maximum absolute atomic E-state index is 11.1. The molecule has 2 aliphatic carbocycles. The number of β-amino-alcohol motifs (C(OH)–C–C–N with tert-alkyl or cyclic N) is 1. The fourth-order valence-electron chi connectivity index (χ4n) is 6.31. The molecule has 2 saturated carbocycles. The lowest BCUT2D eigenvalue weighted by Gasteiger charge is -2.42. The Morgan fingerprint density at radius 1 is 1.08 bits per heavy atom. The molecule has 0 spiro atoms. The summed E-state index contributed by atoms with van der Waals surface area (Å²) in [5, 5.41) is 32.8. The number of hydrogen-bond acceptors (Lipinski definition) is 5. The summed E-state index contributed by atoms with van der Waals surface area (Å²) >= 11 is 0. The van der Waals surface area contributed by atoms with E-state index < -0.39 is 12.1 Å². The first-order chi connectivity index (χ1) is 17.7. The first-order valence-corrected chi connectivity index (χ1v) is 13.7. The third-order valence-corrected chi connectivity index (χ3v) is 8.26. The third kappa shape index (κ3) is 7.34. The second-order valence-electron chi connectivity index (χ2n) is 11.6. The summed E-state index contributed by atoms with van der Waals surface area (Å²) in [6.07, 6.45) is 10.1. The zero-order chi connectivity index (χ0) is 26.4. The molecule has 3 N–H and O–H groups in total. The van der Waals surface area contributed by atoms with E-state index in [0.717, 1.165) is 35.3 Å². The molecule has 3 unspecified atom stereocenters. The minimum Gasteiger partial charge on any atom is -0.489 e. The van der Waals surface area contributed by atoms with Crippen molar-refractivity contribution in [2.75, 3.05) is 13.2 Å². The number of nitriles is 1. The molecule has 6 nitrogen and oxygen atoms in total. The molecule has 0 saturated heterocycles. The van der Waals surface area contributed by atoms with Crippen LogP contribution in [0.4, 0.5) is 0 Å². The average Bonchev–Trinajstić information content (AvgIpc) is 2.90. The van der Waals surface area contributed by atoms with Crippen LogP contribution in [0.15, 0.2) is 42.5 Å². The highest BCUT2D eigenvalue weighted by Crippen LogP contribution is 2.44. The summed E-state index contributed by atoms with van der Waals surface area (Å²) in [7, 11) is 0. The Bertz CT molecular complexity index is 1110. The summed E-state index contributed by atoms with van der Waals surface area (Å²) < 4.78 is 5.88. The van der Waals surface area contributed by atoms with Gasteiger partial charge in [0.25, 0.3) is 0 Å². The Labute approximate surface area is 220 Å². The van der Waals surface area contributed by atoms with Crippen LogP contribution in [-0.4, -0.2) is 41.0 Å². The van der Waals surface area contributed by atoms with Crippen LogP contribution in [0, 0.1) is 29.1 Å². The molecule has 2 aromatic carbocycles. The molecule has 4 rings (SSSR count). The minimum absolute atomic E-state index is 0.0625. The number of rotatable bonds is 10. The molecular weight excluding hydrogens is 464 g/mol. The Morgan fingerprint density at radius 2 is 1.78 bits per heavy atom. The topological polar surface area (TPSA) is 103 Å². The predicted octanol–water partition coefficient (Wildman–Crippen LogP) is 6.03. The number of nitrogens with one attached hydrogen (secondary N) is 1. The van der Waals surface area contributed by atoms with E-state index in [9.17, 15) is 15.2 Å². The lowest BCUT2D eigenvalue weighted by molar-refractivity contribution is 0.0697. The molecule has 198 valence electrons. The average molecular weight is 505 g/mol. The monoisotopic (exact) mass is 504 g/mol. The second-order valence-corrected chi connectivity index (χ2v) is 11.6. The number of aliphatic hydroxyl groups excluding tert-OH is 1. The molecule has 4 atom stereocenters. The van der Waals surface area contributed by atoms with Crippen molar-refractivity contribution in [1.29, 1.82) is 5.26 Å². The maximum Gasteiger partial charge on any atom is 0.335 e. The Hall–Kier alpha value is -2.88. The quantitative estimate of drug-likeness (QED) is 0.365. The largest absolute Gasteiger partial charge is 0.489 e. The van der Waals surface area contributed by atoms with Crippen LogP contribution in [0.2, 0.25) is 0 Å². The number of carboxylic acids is 1. The van der Waals surface area contributed by atoms with Gasteiger partial charge in [0.2, 0.25) is 0 Å². The molecule has 37 heavy (non-hydrogen) atoms. The normalized spacial score (nSPS) is 22.5. The van der Waals surface area contributed by atoms with E-state index in [4.69, 9.17) is 9.84 Å². The van der Waals surface area contributed by atoms with Gasteiger partial charge >= 0.3 is 5.97 Å². The Morgan fingerprint density at radius 3 is 2.49 bits per heavy atom. The van der Waals surface area contributed by atoms with Crippen molar-refractivity contribution in [3.8, 4) is 22.9 Å². The van der Waals surface area contributed by atoms with Crippen molar-refractivity contribution in [3.05, 3.63) is 53.6 Å². The summed E-state index contributed by atoms with van der Waals surface area (Å²) in [6.45, 7) is 4.94. The zero-order valence-corrected chi connectivity index (χ0v) is 22.1. The minimum atomic E-state index is -0.974. The SMILES string of the molecule is CC(C)(CC1CCC2CCCCC2C1)NC[C@@H](O)COc1cc(-c2ccc(C(=O)O)cc2)ccc1C#N. The molecule has 0 amide bonds. The van der Waals surface area contributed by atoms with Crippen LogP contribution in [0.5, 0.6) is 5.75 Å². The predicted molar refractivity (Wildman–Crippen MR) is 145 cm³/mol.